The molecule has 0 bridgehead atoms. The van der Waals surface area contributed by atoms with Crippen molar-refractivity contribution in [2.24, 2.45) is 17.8 Å². The van der Waals surface area contributed by atoms with E-state index in [1.165, 1.54) is 5.57 Å². The maximum absolute atomic E-state index is 13.5. The summed E-state index contributed by atoms with van der Waals surface area (Å²) < 4.78 is 28.5. The minimum absolute atomic E-state index is 0.122. The van der Waals surface area contributed by atoms with Crippen molar-refractivity contribution in [3.05, 3.63) is 82.6 Å². The summed E-state index contributed by atoms with van der Waals surface area (Å²) in [4.78, 5) is 0.326. The van der Waals surface area contributed by atoms with E-state index < -0.39 is 10.0 Å². The van der Waals surface area contributed by atoms with Crippen molar-refractivity contribution in [1.29, 1.82) is 0 Å². The Morgan fingerprint density at radius 3 is 2.12 bits per heavy atom. The summed E-state index contributed by atoms with van der Waals surface area (Å²) in [5.74, 6) is 0.906. The molecule has 1 fully saturated rings. The van der Waals surface area contributed by atoms with Crippen molar-refractivity contribution in [1.82, 2.24) is 4.31 Å². The van der Waals surface area contributed by atoms with Crippen LogP contribution in [0, 0.1) is 24.7 Å². The third-order valence-electron chi connectivity index (χ3n) is 5.97. The lowest BCUT2D eigenvalue weighted by atomic mass is 9.91. The Labute approximate surface area is 205 Å². The van der Waals surface area contributed by atoms with Gasteiger partial charge in [-0.25, -0.2) is 8.42 Å². The van der Waals surface area contributed by atoms with Crippen LogP contribution in [-0.4, -0.2) is 25.8 Å². The first-order chi connectivity index (χ1) is 15.6. The number of nitrogens with zero attached hydrogens (tertiary/aromatic N) is 1. The van der Waals surface area contributed by atoms with Crippen molar-refractivity contribution < 1.29 is 8.42 Å². The van der Waals surface area contributed by atoms with E-state index in [0.717, 1.165) is 29.5 Å². The molecule has 0 aliphatic carbocycles. The summed E-state index contributed by atoms with van der Waals surface area (Å²) in [6.45, 7) is 11.5. The van der Waals surface area contributed by atoms with Crippen LogP contribution in [0.4, 0.5) is 0 Å². The standard InChI is InChI=1S/C28H36ClNO2S/c1-20(2)15-23(16-21(3)4)17-25-18-30(33(31,32)26-13-11-22(5)12-14-26)19-27(25)28(29)24-9-7-6-8-10-24/h6-14,20-21,27-28H,15-16,18-19H2,1-5H3/t27-,28+/m1/s1. The van der Waals surface area contributed by atoms with Crippen molar-refractivity contribution >= 4 is 21.6 Å². The maximum Gasteiger partial charge on any atom is 0.243 e. The van der Waals surface area contributed by atoms with Crippen molar-refractivity contribution in [2.75, 3.05) is 13.1 Å². The highest BCUT2D eigenvalue weighted by atomic mass is 35.5. The lowest BCUT2D eigenvalue weighted by Crippen LogP contribution is -2.29. The van der Waals surface area contributed by atoms with Crippen molar-refractivity contribution in [2.45, 2.75) is 57.7 Å². The fourth-order valence-corrected chi connectivity index (χ4v) is 6.23. The quantitative estimate of drug-likeness (QED) is 0.294. The molecule has 0 unspecified atom stereocenters. The van der Waals surface area contributed by atoms with E-state index in [1.54, 1.807) is 16.4 Å². The molecule has 0 radical (unpaired) electrons. The number of hydrogen-bond donors (Lipinski definition) is 0. The Bertz CT molecular complexity index is 1090. The zero-order valence-electron chi connectivity index (χ0n) is 20.4. The van der Waals surface area contributed by atoms with Gasteiger partial charge in [0, 0.05) is 19.0 Å². The van der Waals surface area contributed by atoms with Crippen LogP contribution in [0.5, 0.6) is 0 Å². The van der Waals surface area contributed by atoms with Gasteiger partial charge in [0.1, 0.15) is 0 Å². The highest BCUT2D eigenvalue weighted by molar-refractivity contribution is 7.89. The van der Waals surface area contributed by atoms with Gasteiger partial charge in [-0.3, -0.25) is 0 Å². The van der Waals surface area contributed by atoms with Gasteiger partial charge in [0.25, 0.3) is 0 Å². The summed E-state index contributed by atoms with van der Waals surface area (Å²) in [5.41, 5.74) is 7.97. The Balaban J connectivity index is 2.05. The number of sulfonamides is 1. The van der Waals surface area contributed by atoms with Gasteiger partial charge < -0.3 is 0 Å². The molecule has 1 saturated heterocycles. The summed E-state index contributed by atoms with van der Waals surface area (Å²) in [7, 11) is -3.61. The largest absolute Gasteiger partial charge is 0.243 e. The summed E-state index contributed by atoms with van der Waals surface area (Å²) >= 11 is 6.99. The Hall–Kier alpha value is -1.84. The molecule has 2 atom stereocenters. The highest BCUT2D eigenvalue weighted by Gasteiger charge is 2.39. The number of alkyl halides is 1. The van der Waals surface area contributed by atoms with E-state index in [0.29, 0.717) is 29.8 Å². The molecular weight excluding hydrogens is 450 g/mol. The highest BCUT2D eigenvalue weighted by Crippen LogP contribution is 2.40. The van der Waals surface area contributed by atoms with Gasteiger partial charge in [0.15, 0.2) is 0 Å². The maximum atomic E-state index is 13.5. The van der Waals surface area contributed by atoms with E-state index in [1.807, 2.05) is 49.4 Å². The van der Waals surface area contributed by atoms with E-state index in [2.05, 4.69) is 33.4 Å². The number of halogens is 1. The Kier molecular flexibility index (Phi) is 8.64. The van der Waals surface area contributed by atoms with Crippen LogP contribution in [0.2, 0.25) is 0 Å². The molecule has 5 heteroatoms. The van der Waals surface area contributed by atoms with Crippen LogP contribution in [-0.2, 0) is 10.0 Å². The fraction of sp³-hybridized carbons (Fsp3) is 0.464. The zero-order chi connectivity index (χ0) is 24.2. The second-order valence-corrected chi connectivity index (χ2v) is 12.4. The van der Waals surface area contributed by atoms with E-state index in [-0.39, 0.29) is 11.3 Å². The van der Waals surface area contributed by atoms with Crippen LogP contribution in [0.3, 0.4) is 0 Å². The average Bonchev–Trinajstić information content (AvgIpc) is 3.17. The number of aryl methyl sites for hydroxylation is 1. The zero-order valence-corrected chi connectivity index (χ0v) is 22.0. The molecule has 0 saturated carbocycles. The van der Waals surface area contributed by atoms with Crippen LogP contribution in [0.15, 0.2) is 76.4 Å². The molecule has 178 valence electrons. The van der Waals surface area contributed by atoms with Gasteiger partial charge in [-0.2, -0.15) is 4.31 Å². The average molecular weight is 486 g/mol. The SMILES string of the molecule is Cc1ccc(S(=O)(=O)N2CC(=C=C(CC(C)C)CC(C)C)[C@H]([C@@H](Cl)c3ccccc3)C2)cc1. The predicted octanol–water partition coefficient (Wildman–Crippen LogP) is 7.14. The molecule has 0 aromatic heterocycles. The van der Waals surface area contributed by atoms with Gasteiger partial charge in [-0.1, -0.05) is 75.7 Å². The molecule has 1 heterocycles. The minimum atomic E-state index is -3.61. The van der Waals surface area contributed by atoms with Gasteiger partial charge in [-0.15, -0.1) is 17.3 Å². The summed E-state index contributed by atoms with van der Waals surface area (Å²) in [6.07, 6.45) is 1.91. The molecule has 0 N–H and O–H groups in total. The first kappa shape index (κ1) is 25.8. The predicted molar refractivity (Wildman–Crippen MR) is 138 cm³/mol. The molecule has 0 spiro atoms. The normalized spacial score (nSPS) is 18.1. The first-order valence-electron chi connectivity index (χ1n) is 11.8. The molecular formula is C28H36ClNO2S. The topological polar surface area (TPSA) is 37.4 Å². The van der Waals surface area contributed by atoms with Crippen molar-refractivity contribution in [3.63, 3.8) is 0 Å². The van der Waals surface area contributed by atoms with Crippen LogP contribution in [0.1, 0.15) is 57.0 Å². The van der Waals surface area contributed by atoms with Gasteiger partial charge in [0.2, 0.25) is 10.0 Å². The molecule has 0 amide bonds. The fourth-order valence-electron chi connectivity index (χ4n) is 4.41. The van der Waals surface area contributed by atoms with E-state index in [9.17, 15) is 8.42 Å². The second kappa shape index (κ2) is 11.1. The third-order valence-corrected chi connectivity index (χ3v) is 8.35. The first-order valence-corrected chi connectivity index (χ1v) is 13.7. The second-order valence-electron chi connectivity index (χ2n) is 9.98. The van der Waals surface area contributed by atoms with E-state index >= 15 is 0 Å². The summed E-state index contributed by atoms with van der Waals surface area (Å²) in [6, 6.07) is 17.0. The third kappa shape index (κ3) is 6.61. The van der Waals surface area contributed by atoms with E-state index in [4.69, 9.17) is 11.6 Å². The molecule has 2 aromatic rings. The molecule has 3 nitrogen and oxygen atoms in total. The molecule has 33 heavy (non-hydrogen) atoms. The number of benzene rings is 2. The molecule has 1 aliphatic heterocycles. The Morgan fingerprint density at radius 1 is 1.00 bits per heavy atom. The van der Waals surface area contributed by atoms with Crippen molar-refractivity contribution in [3.8, 4) is 0 Å². The van der Waals surface area contributed by atoms with Crippen LogP contribution >= 0.6 is 11.6 Å². The van der Waals surface area contributed by atoms with Crippen LogP contribution in [0.25, 0.3) is 0 Å². The summed E-state index contributed by atoms with van der Waals surface area (Å²) in [5, 5.41) is -0.314. The molecule has 2 aromatic carbocycles. The minimum Gasteiger partial charge on any atom is -0.207 e. The number of hydrogen-bond acceptors (Lipinski definition) is 2. The van der Waals surface area contributed by atoms with Gasteiger partial charge >= 0.3 is 0 Å². The van der Waals surface area contributed by atoms with Crippen LogP contribution < -0.4 is 0 Å². The van der Waals surface area contributed by atoms with Gasteiger partial charge in [-0.05, 0) is 60.4 Å². The number of rotatable bonds is 8. The Morgan fingerprint density at radius 2 is 1.58 bits per heavy atom. The lowest BCUT2D eigenvalue weighted by molar-refractivity contribution is 0.453. The van der Waals surface area contributed by atoms with Gasteiger partial charge in [0.05, 0.1) is 10.3 Å². The smallest absolute Gasteiger partial charge is 0.207 e. The molecule has 3 rings (SSSR count). The monoisotopic (exact) mass is 485 g/mol. The lowest BCUT2D eigenvalue weighted by Gasteiger charge is -2.19. The molecule has 1 aliphatic rings.